The zero-order valence-electron chi connectivity index (χ0n) is 18.6. The zero-order chi connectivity index (χ0) is 23.0. The summed E-state index contributed by atoms with van der Waals surface area (Å²) in [5, 5.41) is 8.41. The summed E-state index contributed by atoms with van der Waals surface area (Å²) in [7, 11) is 0. The van der Waals surface area contributed by atoms with Crippen molar-refractivity contribution < 1.29 is 13.9 Å². The predicted molar refractivity (Wildman–Crippen MR) is 129 cm³/mol. The maximum Gasteiger partial charge on any atom is 0.277 e. The molecule has 0 N–H and O–H groups in total. The highest BCUT2D eigenvalue weighted by Gasteiger charge is 2.18. The first-order chi connectivity index (χ1) is 16.1. The normalized spacial score (nSPS) is 10.7. The number of hydrogen-bond acceptors (Lipinski definition) is 6. The lowest BCUT2D eigenvalue weighted by Crippen LogP contribution is -2.32. The minimum atomic E-state index is -0.0368. The lowest BCUT2D eigenvalue weighted by atomic mass is 10.1. The molecule has 0 bridgehead atoms. The van der Waals surface area contributed by atoms with Gasteiger partial charge in [-0.3, -0.25) is 4.79 Å². The van der Waals surface area contributed by atoms with E-state index in [4.69, 9.17) is 9.15 Å². The van der Waals surface area contributed by atoms with Gasteiger partial charge in [0.15, 0.2) is 6.61 Å². The van der Waals surface area contributed by atoms with Crippen LogP contribution in [0.25, 0.3) is 0 Å². The quantitative estimate of drug-likeness (QED) is 0.304. The van der Waals surface area contributed by atoms with Gasteiger partial charge in [0.1, 0.15) is 5.75 Å². The van der Waals surface area contributed by atoms with E-state index < -0.39 is 0 Å². The molecular weight excluding hydrogens is 434 g/mol. The molecule has 1 heterocycles. The molecule has 4 rings (SSSR count). The summed E-state index contributed by atoms with van der Waals surface area (Å²) in [6.45, 7) is 4.68. The number of nitrogens with zero attached hydrogens (tertiary/aromatic N) is 3. The number of carbonyl (C=O) groups excluding carboxylic acids is 1. The van der Waals surface area contributed by atoms with Gasteiger partial charge in [-0.15, -0.1) is 10.2 Å². The largest absolute Gasteiger partial charge is 0.484 e. The van der Waals surface area contributed by atoms with Crippen LogP contribution in [-0.2, 0) is 17.9 Å². The van der Waals surface area contributed by atoms with Crippen LogP contribution < -0.4 is 9.64 Å². The van der Waals surface area contributed by atoms with E-state index in [-0.39, 0.29) is 18.3 Å². The topological polar surface area (TPSA) is 68.5 Å². The lowest BCUT2D eigenvalue weighted by Gasteiger charge is -2.23. The molecule has 168 valence electrons. The van der Waals surface area contributed by atoms with E-state index in [1.807, 2.05) is 92.7 Å². The predicted octanol–water partition coefficient (Wildman–Crippen LogP) is 5.59. The van der Waals surface area contributed by atoms with Crippen molar-refractivity contribution in [2.45, 2.75) is 32.2 Å². The number of benzene rings is 3. The van der Waals surface area contributed by atoms with Gasteiger partial charge in [-0.25, -0.2) is 0 Å². The number of amides is 1. The van der Waals surface area contributed by atoms with Crippen molar-refractivity contribution in [3.63, 3.8) is 0 Å². The Morgan fingerprint density at radius 2 is 1.70 bits per heavy atom. The van der Waals surface area contributed by atoms with Gasteiger partial charge < -0.3 is 14.1 Å². The second-order valence-corrected chi connectivity index (χ2v) is 8.59. The van der Waals surface area contributed by atoms with Gasteiger partial charge in [0, 0.05) is 5.69 Å². The number of hydrogen-bond donors (Lipinski definition) is 0. The highest BCUT2D eigenvalue weighted by molar-refractivity contribution is 7.99. The molecule has 0 aliphatic carbocycles. The average molecular weight is 460 g/mol. The van der Waals surface area contributed by atoms with Crippen LogP contribution in [0.15, 0.2) is 88.5 Å². The molecule has 33 heavy (non-hydrogen) atoms. The molecule has 6 nitrogen and oxygen atoms in total. The standard InChI is InChI=1S/C26H25N3O3S/c1-19-8-6-12-22(14-19)29(16-21-10-4-3-5-11-21)25(30)18-33-26-28-27-24(32-26)17-31-23-13-7-9-20(2)15-23/h3-15H,16-18H2,1-2H3. The van der Waals surface area contributed by atoms with Crippen LogP contribution >= 0.6 is 11.8 Å². The molecule has 0 atom stereocenters. The molecular formula is C26H25N3O3S. The van der Waals surface area contributed by atoms with Crippen LogP contribution in [0.3, 0.4) is 0 Å². The van der Waals surface area contributed by atoms with Crippen LogP contribution in [0.4, 0.5) is 5.69 Å². The molecule has 0 aliphatic rings. The van der Waals surface area contributed by atoms with Crippen molar-refractivity contribution in [1.82, 2.24) is 10.2 Å². The van der Waals surface area contributed by atoms with Gasteiger partial charge >= 0.3 is 0 Å². The van der Waals surface area contributed by atoms with Crippen molar-refractivity contribution >= 4 is 23.4 Å². The summed E-state index contributed by atoms with van der Waals surface area (Å²) in [5.74, 6) is 1.25. The minimum absolute atomic E-state index is 0.0368. The fourth-order valence-corrected chi connectivity index (χ4v) is 3.95. The molecule has 3 aromatic carbocycles. The third-order valence-electron chi connectivity index (χ3n) is 4.92. The van der Waals surface area contributed by atoms with Crippen LogP contribution in [0, 0.1) is 13.8 Å². The van der Waals surface area contributed by atoms with E-state index in [2.05, 4.69) is 10.2 Å². The summed E-state index contributed by atoms with van der Waals surface area (Å²) >= 11 is 1.22. The average Bonchev–Trinajstić information content (AvgIpc) is 3.28. The molecule has 0 radical (unpaired) electrons. The Morgan fingerprint density at radius 1 is 0.939 bits per heavy atom. The third-order valence-corrected chi connectivity index (χ3v) is 5.72. The molecule has 0 unspecified atom stereocenters. The first-order valence-corrected chi connectivity index (χ1v) is 11.6. The van der Waals surface area contributed by atoms with Crippen LogP contribution in [0.2, 0.25) is 0 Å². The van der Waals surface area contributed by atoms with E-state index >= 15 is 0 Å². The zero-order valence-corrected chi connectivity index (χ0v) is 19.4. The second kappa shape index (κ2) is 10.8. The Labute approximate surface area is 197 Å². The van der Waals surface area contributed by atoms with Crippen LogP contribution in [-0.4, -0.2) is 21.9 Å². The minimum Gasteiger partial charge on any atom is -0.484 e. The van der Waals surface area contributed by atoms with Crippen molar-refractivity contribution in [3.8, 4) is 5.75 Å². The van der Waals surface area contributed by atoms with Gasteiger partial charge in [0.25, 0.3) is 11.1 Å². The number of rotatable bonds is 9. The maximum absolute atomic E-state index is 13.2. The van der Waals surface area contributed by atoms with Crippen molar-refractivity contribution in [1.29, 1.82) is 0 Å². The Kier molecular flexibility index (Phi) is 7.42. The van der Waals surface area contributed by atoms with Gasteiger partial charge in [-0.2, -0.15) is 0 Å². The van der Waals surface area contributed by atoms with Crippen molar-refractivity contribution in [2.75, 3.05) is 10.7 Å². The Balaban J connectivity index is 1.39. The second-order valence-electron chi connectivity index (χ2n) is 7.66. The van der Waals surface area contributed by atoms with Crippen LogP contribution in [0.5, 0.6) is 5.75 Å². The number of anilines is 1. The lowest BCUT2D eigenvalue weighted by molar-refractivity contribution is -0.116. The fourth-order valence-electron chi connectivity index (χ4n) is 3.29. The van der Waals surface area contributed by atoms with Gasteiger partial charge in [-0.1, -0.05) is 66.4 Å². The summed E-state index contributed by atoms with van der Waals surface area (Å²) in [5.41, 5.74) is 4.13. The van der Waals surface area contributed by atoms with E-state index in [0.29, 0.717) is 17.7 Å². The third kappa shape index (κ3) is 6.46. The van der Waals surface area contributed by atoms with E-state index in [0.717, 1.165) is 28.1 Å². The van der Waals surface area contributed by atoms with Gasteiger partial charge in [0.2, 0.25) is 5.91 Å². The molecule has 0 saturated carbocycles. The fraction of sp³-hybridized carbons (Fsp3) is 0.192. The SMILES string of the molecule is Cc1cccc(OCc2nnc(SCC(=O)N(Cc3ccccc3)c3cccc(C)c3)o2)c1. The number of carbonyl (C=O) groups is 1. The maximum atomic E-state index is 13.2. The molecule has 1 amide bonds. The molecule has 1 aromatic heterocycles. The number of thioether (sulfide) groups is 1. The number of ether oxygens (including phenoxy) is 1. The summed E-state index contributed by atoms with van der Waals surface area (Å²) in [6.07, 6.45) is 0. The summed E-state index contributed by atoms with van der Waals surface area (Å²) in [6, 6.07) is 25.6. The van der Waals surface area contributed by atoms with Gasteiger partial charge in [0.05, 0.1) is 12.3 Å². The van der Waals surface area contributed by atoms with E-state index in [9.17, 15) is 4.79 Å². The molecule has 0 saturated heterocycles. The summed E-state index contributed by atoms with van der Waals surface area (Å²) in [4.78, 5) is 15.0. The Hall–Kier alpha value is -3.58. The van der Waals surface area contributed by atoms with E-state index in [1.165, 1.54) is 11.8 Å². The van der Waals surface area contributed by atoms with Gasteiger partial charge in [-0.05, 0) is 54.8 Å². The molecule has 7 heteroatoms. The number of aromatic nitrogens is 2. The van der Waals surface area contributed by atoms with Crippen LogP contribution in [0.1, 0.15) is 22.6 Å². The molecule has 0 spiro atoms. The Morgan fingerprint density at radius 3 is 2.45 bits per heavy atom. The molecule has 0 fully saturated rings. The Bertz CT molecular complexity index is 1210. The highest BCUT2D eigenvalue weighted by Crippen LogP contribution is 2.23. The summed E-state index contributed by atoms with van der Waals surface area (Å²) < 4.78 is 11.4. The highest BCUT2D eigenvalue weighted by atomic mass is 32.2. The van der Waals surface area contributed by atoms with Crippen molar-refractivity contribution in [2.24, 2.45) is 0 Å². The first kappa shape index (κ1) is 22.6. The number of aryl methyl sites for hydroxylation is 2. The first-order valence-electron chi connectivity index (χ1n) is 10.6. The monoisotopic (exact) mass is 459 g/mol. The molecule has 4 aromatic rings. The smallest absolute Gasteiger partial charge is 0.277 e. The van der Waals surface area contributed by atoms with Crippen molar-refractivity contribution in [3.05, 3.63) is 101 Å². The van der Waals surface area contributed by atoms with E-state index in [1.54, 1.807) is 4.90 Å². The molecule has 0 aliphatic heterocycles.